The van der Waals surface area contributed by atoms with E-state index in [2.05, 4.69) is 6.58 Å². The molecule has 0 aromatic heterocycles. The number of hydrogen-bond donors (Lipinski definition) is 1. The monoisotopic (exact) mass is 302 g/mol. The average molecular weight is 302 g/mol. The molecule has 2 aromatic carbocycles. The molecular formula is C17H18O3S. The highest BCUT2D eigenvalue weighted by Gasteiger charge is 2.25. The summed E-state index contributed by atoms with van der Waals surface area (Å²) in [5.74, 6) is -0.728. The molecule has 0 amide bonds. The summed E-state index contributed by atoms with van der Waals surface area (Å²) in [6.07, 6.45) is 0.611. The topological polar surface area (TPSA) is 54.4 Å². The first-order valence-electron chi connectivity index (χ1n) is 6.68. The van der Waals surface area contributed by atoms with Crippen LogP contribution >= 0.6 is 0 Å². The summed E-state index contributed by atoms with van der Waals surface area (Å²) < 4.78 is 24.8. The number of rotatable bonds is 6. The van der Waals surface area contributed by atoms with Crippen molar-refractivity contribution in [3.8, 4) is 0 Å². The predicted octanol–water partition coefficient (Wildman–Crippen LogP) is 3.00. The summed E-state index contributed by atoms with van der Waals surface area (Å²) in [6.45, 7) is 3.66. The fraction of sp³-hybridized carbons (Fsp3) is 0.176. The Balaban J connectivity index is 2.22. The van der Waals surface area contributed by atoms with Crippen LogP contribution in [0.3, 0.4) is 0 Å². The molecule has 0 aliphatic carbocycles. The molecule has 0 spiro atoms. The first kappa shape index (κ1) is 15.5. The smallest absolute Gasteiger partial charge is 0.179 e. The van der Waals surface area contributed by atoms with Gasteiger partial charge >= 0.3 is 0 Å². The van der Waals surface area contributed by atoms with Crippen LogP contribution in [-0.2, 0) is 9.84 Å². The van der Waals surface area contributed by atoms with Gasteiger partial charge in [0, 0.05) is 5.92 Å². The normalized spacial score (nSPS) is 14.3. The minimum Gasteiger partial charge on any atom is -0.388 e. The second kappa shape index (κ2) is 6.70. The molecule has 0 aliphatic heterocycles. The highest BCUT2D eigenvalue weighted by Crippen LogP contribution is 2.26. The largest absolute Gasteiger partial charge is 0.388 e. The van der Waals surface area contributed by atoms with Gasteiger partial charge in [-0.2, -0.15) is 0 Å². The Kier molecular flexibility index (Phi) is 4.94. The molecule has 21 heavy (non-hydrogen) atoms. The molecule has 2 rings (SSSR count). The van der Waals surface area contributed by atoms with Crippen LogP contribution in [0, 0.1) is 5.92 Å². The first-order chi connectivity index (χ1) is 10.0. The van der Waals surface area contributed by atoms with Crippen LogP contribution in [0.5, 0.6) is 0 Å². The summed E-state index contributed by atoms with van der Waals surface area (Å²) in [5.41, 5.74) is 0.686. The molecular weight excluding hydrogens is 284 g/mol. The van der Waals surface area contributed by atoms with Gasteiger partial charge < -0.3 is 5.11 Å². The Morgan fingerprint density at radius 2 is 1.52 bits per heavy atom. The quantitative estimate of drug-likeness (QED) is 0.835. The van der Waals surface area contributed by atoms with E-state index < -0.39 is 21.9 Å². The van der Waals surface area contributed by atoms with E-state index in [0.29, 0.717) is 5.56 Å². The molecule has 2 aromatic rings. The van der Waals surface area contributed by atoms with Crippen molar-refractivity contribution in [2.45, 2.75) is 11.0 Å². The number of aliphatic hydroxyl groups is 1. The molecule has 110 valence electrons. The van der Waals surface area contributed by atoms with Gasteiger partial charge in [0.1, 0.15) is 0 Å². The van der Waals surface area contributed by atoms with Crippen molar-refractivity contribution in [3.63, 3.8) is 0 Å². The van der Waals surface area contributed by atoms with Crippen molar-refractivity contribution >= 4 is 9.84 Å². The van der Waals surface area contributed by atoms with Crippen molar-refractivity contribution in [3.05, 3.63) is 78.9 Å². The molecule has 2 atom stereocenters. The van der Waals surface area contributed by atoms with Crippen molar-refractivity contribution in [1.82, 2.24) is 0 Å². The van der Waals surface area contributed by atoms with Gasteiger partial charge in [-0.25, -0.2) is 8.42 Å². The first-order valence-corrected chi connectivity index (χ1v) is 8.33. The van der Waals surface area contributed by atoms with Gasteiger partial charge in [0.15, 0.2) is 9.84 Å². The summed E-state index contributed by atoms with van der Waals surface area (Å²) in [4.78, 5) is 0.261. The van der Waals surface area contributed by atoms with Crippen molar-refractivity contribution in [2.24, 2.45) is 5.92 Å². The third kappa shape index (κ3) is 3.80. The maximum Gasteiger partial charge on any atom is 0.179 e. The van der Waals surface area contributed by atoms with E-state index in [-0.39, 0.29) is 10.6 Å². The van der Waals surface area contributed by atoms with E-state index >= 15 is 0 Å². The number of aliphatic hydroxyl groups excluding tert-OH is 1. The third-order valence-corrected chi connectivity index (χ3v) is 5.18. The fourth-order valence-corrected chi connectivity index (χ4v) is 3.75. The van der Waals surface area contributed by atoms with E-state index in [0.717, 1.165) is 0 Å². The average Bonchev–Trinajstić information content (AvgIpc) is 2.53. The Labute approximate surface area is 125 Å². The third-order valence-electron chi connectivity index (χ3n) is 3.36. The minimum atomic E-state index is -3.46. The molecule has 0 bridgehead atoms. The zero-order valence-electron chi connectivity index (χ0n) is 11.6. The van der Waals surface area contributed by atoms with Crippen LogP contribution in [-0.4, -0.2) is 19.3 Å². The molecule has 0 unspecified atom stereocenters. The maximum absolute atomic E-state index is 12.4. The van der Waals surface area contributed by atoms with Crippen molar-refractivity contribution in [2.75, 3.05) is 5.75 Å². The lowest BCUT2D eigenvalue weighted by Crippen LogP contribution is -2.21. The Bertz CT molecular complexity index is 678. The molecule has 0 saturated heterocycles. The fourth-order valence-electron chi connectivity index (χ4n) is 2.16. The van der Waals surface area contributed by atoms with E-state index in [1.165, 1.54) is 6.08 Å². The molecule has 3 nitrogen and oxygen atoms in total. The lowest BCUT2D eigenvalue weighted by molar-refractivity contribution is 0.141. The second-order valence-corrected chi connectivity index (χ2v) is 6.88. The van der Waals surface area contributed by atoms with Gasteiger partial charge in [0.05, 0.1) is 16.8 Å². The lowest BCUT2D eigenvalue weighted by atomic mass is 9.97. The van der Waals surface area contributed by atoms with Crippen molar-refractivity contribution < 1.29 is 13.5 Å². The van der Waals surface area contributed by atoms with Gasteiger partial charge in [-0.3, -0.25) is 0 Å². The minimum absolute atomic E-state index is 0.170. The Morgan fingerprint density at radius 3 is 2.05 bits per heavy atom. The van der Waals surface area contributed by atoms with E-state index in [1.54, 1.807) is 42.5 Å². The van der Waals surface area contributed by atoms with E-state index in [9.17, 15) is 13.5 Å². The van der Waals surface area contributed by atoms with Crippen LogP contribution in [0.1, 0.15) is 11.7 Å². The van der Waals surface area contributed by atoms with Gasteiger partial charge in [-0.1, -0.05) is 54.6 Å². The SMILES string of the molecule is C=C[C@@H](CS(=O)(=O)c1ccccc1)[C@@H](O)c1ccccc1. The molecule has 0 aliphatic rings. The molecule has 0 saturated carbocycles. The number of hydrogen-bond acceptors (Lipinski definition) is 3. The van der Waals surface area contributed by atoms with Crippen LogP contribution < -0.4 is 0 Å². The number of sulfone groups is 1. The summed E-state index contributed by atoms with van der Waals surface area (Å²) >= 11 is 0. The molecule has 1 N–H and O–H groups in total. The molecule has 0 heterocycles. The zero-order valence-corrected chi connectivity index (χ0v) is 12.4. The standard InChI is InChI=1S/C17H18O3S/c1-2-14(17(18)15-9-5-3-6-10-15)13-21(19,20)16-11-7-4-8-12-16/h2-12,14,17-18H,1,13H2/t14-,17+/m0/s1. The van der Waals surface area contributed by atoms with Crippen LogP contribution in [0.4, 0.5) is 0 Å². The van der Waals surface area contributed by atoms with Crippen molar-refractivity contribution in [1.29, 1.82) is 0 Å². The van der Waals surface area contributed by atoms with Gasteiger partial charge in [0.25, 0.3) is 0 Å². The summed E-state index contributed by atoms with van der Waals surface area (Å²) in [7, 11) is -3.46. The molecule has 0 radical (unpaired) electrons. The molecule has 0 fully saturated rings. The van der Waals surface area contributed by atoms with Gasteiger partial charge in [-0.05, 0) is 17.7 Å². The van der Waals surface area contributed by atoms with E-state index in [4.69, 9.17) is 0 Å². The zero-order chi connectivity index (χ0) is 15.3. The Hall–Kier alpha value is -1.91. The second-order valence-electron chi connectivity index (χ2n) is 4.85. The molecule has 4 heteroatoms. The van der Waals surface area contributed by atoms with Gasteiger partial charge in [0.2, 0.25) is 0 Å². The predicted molar refractivity (Wildman–Crippen MR) is 83.6 cm³/mol. The Morgan fingerprint density at radius 1 is 1.00 bits per heavy atom. The van der Waals surface area contributed by atoms with Crippen LogP contribution in [0.25, 0.3) is 0 Å². The van der Waals surface area contributed by atoms with Crippen LogP contribution in [0.2, 0.25) is 0 Å². The van der Waals surface area contributed by atoms with E-state index in [1.807, 2.05) is 18.2 Å². The van der Waals surface area contributed by atoms with Gasteiger partial charge in [-0.15, -0.1) is 6.58 Å². The lowest BCUT2D eigenvalue weighted by Gasteiger charge is -2.20. The summed E-state index contributed by atoms with van der Waals surface area (Å²) in [5, 5.41) is 10.4. The number of benzene rings is 2. The highest BCUT2D eigenvalue weighted by atomic mass is 32.2. The summed E-state index contributed by atoms with van der Waals surface area (Å²) in [6, 6.07) is 17.3. The highest BCUT2D eigenvalue weighted by molar-refractivity contribution is 7.91. The maximum atomic E-state index is 12.4. The van der Waals surface area contributed by atoms with Crippen LogP contribution in [0.15, 0.2) is 78.2 Å².